The van der Waals surface area contributed by atoms with Crippen molar-refractivity contribution in [1.29, 1.82) is 0 Å². The number of amides is 2. The summed E-state index contributed by atoms with van der Waals surface area (Å²) in [6, 6.07) is 0.853. The van der Waals surface area contributed by atoms with E-state index in [1.54, 1.807) is 20.8 Å². The Balaban J connectivity index is 1.76. The Bertz CT molecular complexity index is 1560. The number of fused-ring (bicyclic) bond motifs is 1. The van der Waals surface area contributed by atoms with Gasteiger partial charge < -0.3 is 15.1 Å². The topological polar surface area (TPSA) is 155 Å². The van der Waals surface area contributed by atoms with Gasteiger partial charge in [0.1, 0.15) is 23.5 Å². The van der Waals surface area contributed by atoms with Crippen LogP contribution in [0, 0.1) is 18.7 Å². The molecule has 4 rings (SSSR count). The van der Waals surface area contributed by atoms with E-state index in [0.717, 1.165) is 6.20 Å². The number of aliphatic imine (C=N–C) groups is 1. The highest BCUT2D eigenvalue weighted by atomic mass is 32.2. The zero-order valence-corrected chi connectivity index (χ0v) is 24.1. The lowest BCUT2D eigenvalue weighted by Crippen LogP contribution is -2.58. The number of sulfonamides is 1. The molecule has 2 N–H and O–H groups in total. The monoisotopic (exact) mass is 588 g/mol. The number of rotatable bonds is 6. The summed E-state index contributed by atoms with van der Waals surface area (Å²) >= 11 is 0. The van der Waals surface area contributed by atoms with Crippen LogP contribution in [0.3, 0.4) is 0 Å². The summed E-state index contributed by atoms with van der Waals surface area (Å²) in [5.41, 5.74) is 0.600. The molecule has 1 aromatic carbocycles. The van der Waals surface area contributed by atoms with E-state index in [2.05, 4.69) is 15.6 Å². The van der Waals surface area contributed by atoms with Crippen LogP contribution in [-0.4, -0.2) is 65.8 Å². The number of benzene rings is 1. The largest absolute Gasteiger partial charge is 0.451 e. The number of nitrogens with zero attached hydrogens (tertiary/aromatic N) is 2. The molecule has 13 heteroatoms. The van der Waals surface area contributed by atoms with Gasteiger partial charge >= 0.3 is 0 Å². The molecule has 0 unspecified atom stereocenters. The van der Waals surface area contributed by atoms with Gasteiger partial charge in [-0.05, 0) is 57.2 Å². The number of Topliss-reactive ketones (excluding diaryl/α,β-unsaturated/α-hetero) is 2. The molecule has 0 spiro atoms. The van der Waals surface area contributed by atoms with Gasteiger partial charge in [0.15, 0.2) is 17.3 Å². The molecule has 2 amide bonds. The number of furan rings is 1. The summed E-state index contributed by atoms with van der Waals surface area (Å²) in [5.74, 6) is -4.11. The maximum atomic E-state index is 14.2. The molecule has 1 aromatic heterocycles. The van der Waals surface area contributed by atoms with E-state index in [9.17, 15) is 32.0 Å². The number of hydrogen-bond donors (Lipinski definition) is 2. The highest BCUT2D eigenvalue weighted by Crippen LogP contribution is 2.27. The van der Waals surface area contributed by atoms with Gasteiger partial charge in [0, 0.05) is 29.6 Å². The average molecular weight is 589 g/mol. The van der Waals surface area contributed by atoms with Crippen molar-refractivity contribution < 1.29 is 36.4 Å². The van der Waals surface area contributed by atoms with Crippen molar-refractivity contribution in [3.8, 4) is 0 Å². The van der Waals surface area contributed by atoms with Crippen molar-refractivity contribution in [2.75, 3.05) is 6.54 Å². The van der Waals surface area contributed by atoms with Gasteiger partial charge in [0.2, 0.25) is 5.04 Å². The number of carbonyl (C=O) groups excluding carboxylic acids is 4. The Labute approximate surface area is 237 Å². The fourth-order valence-electron chi connectivity index (χ4n) is 4.97. The van der Waals surface area contributed by atoms with Crippen molar-refractivity contribution in [3.05, 3.63) is 47.6 Å². The number of ketones is 2. The number of hydrogen-bond acceptors (Lipinski definition) is 9. The van der Waals surface area contributed by atoms with Crippen LogP contribution in [0.15, 0.2) is 39.9 Å². The van der Waals surface area contributed by atoms with E-state index in [-0.39, 0.29) is 49.1 Å². The third-order valence-corrected chi connectivity index (χ3v) is 8.90. The Hall–Kier alpha value is -3.71. The van der Waals surface area contributed by atoms with Crippen LogP contribution in [0.2, 0.25) is 0 Å². The van der Waals surface area contributed by atoms with E-state index < -0.39 is 56.3 Å². The van der Waals surface area contributed by atoms with Crippen LogP contribution >= 0.6 is 0 Å². The van der Waals surface area contributed by atoms with Crippen molar-refractivity contribution in [2.24, 2.45) is 10.9 Å². The quantitative estimate of drug-likeness (QED) is 0.522. The minimum absolute atomic E-state index is 0.0143. The summed E-state index contributed by atoms with van der Waals surface area (Å²) in [6.07, 6.45) is 2.74. The number of aryl methyl sites for hydroxylation is 1. The molecule has 11 nitrogen and oxygen atoms in total. The fourth-order valence-corrected chi connectivity index (χ4v) is 6.65. The maximum Gasteiger partial charge on any atom is 0.288 e. The predicted molar refractivity (Wildman–Crippen MR) is 149 cm³/mol. The van der Waals surface area contributed by atoms with Crippen LogP contribution in [0.25, 0.3) is 11.0 Å². The van der Waals surface area contributed by atoms with Gasteiger partial charge in [-0.2, -0.15) is 8.42 Å². The molecule has 2 aliphatic heterocycles. The Morgan fingerprint density at radius 1 is 1.24 bits per heavy atom. The van der Waals surface area contributed by atoms with Crippen LogP contribution in [0.1, 0.15) is 62.6 Å². The lowest BCUT2D eigenvalue weighted by atomic mass is 10.0. The molecule has 0 bridgehead atoms. The zero-order valence-electron chi connectivity index (χ0n) is 23.3. The highest BCUT2D eigenvalue weighted by Gasteiger charge is 2.46. The molecule has 220 valence electrons. The molecule has 3 atom stereocenters. The lowest BCUT2D eigenvalue weighted by Gasteiger charge is -2.33. The first-order valence-electron chi connectivity index (χ1n) is 13.4. The van der Waals surface area contributed by atoms with E-state index in [0.29, 0.717) is 21.7 Å². The Kier molecular flexibility index (Phi) is 8.88. The van der Waals surface area contributed by atoms with Gasteiger partial charge in [-0.3, -0.25) is 19.2 Å². The molecule has 3 heterocycles. The normalized spacial score (nSPS) is 20.6. The first-order chi connectivity index (χ1) is 19.3. The van der Waals surface area contributed by atoms with Crippen LogP contribution in [0.5, 0.6) is 0 Å². The van der Waals surface area contributed by atoms with E-state index in [1.807, 2.05) is 6.92 Å². The first-order valence-corrected chi connectivity index (χ1v) is 14.8. The van der Waals surface area contributed by atoms with Crippen LogP contribution in [0.4, 0.5) is 4.39 Å². The molecular weight excluding hydrogens is 555 g/mol. The fraction of sp³-hybridized carbons (Fsp3) is 0.464. The molecule has 0 radical (unpaired) electrons. The summed E-state index contributed by atoms with van der Waals surface area (Å²) in [4.78, 5) is 57.1. The number of halogens is 1. The van der Waals surface area contributed by atoms with E-state index in [4.69, 9.17) is 4.42 Å². The minimum atomic E-state index is -4.89. The molecule has 0 saturated carbocycles. The van der Waals surface area contributed by atoms with Crippen molar-refractivity contribution in [3.63, 3.8) is 0 Å². The Morgan fingerprint density at radius 3 is 2.66 bits per heavy atom. The molecule has 2 aliphatic rings. The minimum Gasteiger partial charge on any atom is -0.451 e. The standard InChI is InChI=1S/C28H33FN4O7S/c1-15(2)12-20(32-26(36)25-17(4)19-13-18(29)8-10-24(19)40-25)28(37)33(21-9-7-16(3)31-14-23(21)35)41(38,39)27-22(34)6-5-11-30-27/h5,8,10-11,13,15-16,20-21,31H,6-7,9,12,14H2,1-4H3,(H,32,36)/t16-,20+,21+/m1/s1. The van der Waals surface area contributed by atoms with Gasteiger partial charge in [-0.1, -0.05) is 19.9 Å². The zero-order chi connectivity index (χ0) is 30.1. The SMILES string of the molecule is Cc1c(C(=O)N[C@@H](CC(C)C)C(=O)N([C@H]2CC[C@@H](C)NCC2=O)S(=O)(=O)C2=NC=CCC2=O)oc2ccc(F)cc12. The molecule has 1 fully saturated rings. The van der Waals surface area contributed by atoms with E-state index in [1.165, 1.54) is 24.3 Å². The molecule has 2 aromatic rings. The number of carbonyl (C=O) groups is 4. The van der Waals surface area contributed by atoms with Crippen molar-refractivity contribution in [1.82, 2.24) is 14.9 Å². The average Bonchev–Trinajstić information content (AvgIpc) is 3.14. The van der Waals surface area contributed by atoms with Crippen LogP contribution < -0.4 is 10.6 Å². The summed E-state index contributed by atoms with van der Waals surface area (Å²) in [7, 11) is -4.89. The molecule has 0 aliphatic carbocycles. The van der Waals surface area contributed by atoms with Crippen molar-refractivity contribution >= 4 is 49.4 Å². The maximum absolute atomic E-state index is 14.2. The third kappa shape index (κ3) is 6.30. The molecule has 1 saturated heterocycles. The second-order valence-electron chi connectivity index (χ2n) is 10.8. The molecule has 41 heavy (non-hydrogen) atoms. The first kappa shape index (κ1) is 30.3. The Morgan fingerprint density at radius 2 is 1.98 bits per heavy atom. The second-order valence-corrected chi connectivity index (χ2v) is 12.5. The van der Waals surface area contributed by atoms with Crippen LogP contribution in [-0.2, 0) is 24.4 Å². The summed E-state index contributed by atoms with van der Waals surface area (Å²) in [6.45, 7) is 6.78. The van der Waals surface area contributed by atoms with Gasteiger partial charge in [0.25, 0.3) is 21.8 Å². The van der Waals surface area contributed by atoms with Crippen molar-refractivity contribution in [2.45, 2.75) is 71.5 Å². The summed E-state index contributed by atoms with van der Waals surface area (Å²) < 4.78 is 47.7. The lowest BCUT2D eigenvalue weighted by molar-refractivity contribution is -0.135. The number of allylic oxidation sites excluding steroid dienone is 1. The molecular formula is C28H33FN4O7S. The number of nitrogens with one attached hydrogen (secondary N) is 2. The van der Waals surface area contributed by atoms with Gasteiger partial charge in [-0.15, -0.1) is 0 Å². The van der Waals surface area contributed by atoms with E-state index >= 15 is 0 Å². The highest BCUT2D eigenvalue weighted by molar-refractivity contribution is 8.06. The van der Waals surface area contributed by atoms with Gasteiger partial charge in [-0.25, -0.2) is 13.7 Å². The second kappa shape index (κ2) is 12.0. The summed E-state index contributed by atoms with van der Waals surface area (Å²) in [5, 5.41) is 5.11. The smallest absolute Gasteiger partial charge is 0.288 e. The van der Waals surface area contributed by atoms with Gasteiger partial charge in [0.05, 0.1) is 6.54 Å². The predicted octanol–water partition coefficient (Wildman–Crippen LogP) is 2.78. The third-order valence-electron chi connectivity index (χ3n) is 7.13.